The number of methoxy groups -OCH3 is 1. The molecular formula is C34H43N3O. The van der Waals surface area contributed by atoms with Crippen molar-refractivity contribution < 1.29 is 4.74 Å². The highest BCUT2D eigenvalue weighted by atomic mass is 16.5. The quantitative estimate of drug-likeness (QED) is 0.417. The van der Waals surface area contributed by atoms with Gasteiger partial charge in [-0.2, -0.15) is 0 Å². The second-order valence-electron chi connectivity index (χ2n) is 11.8. The van der Waals surface area contributed by atoms with Crippen LogP contribution in [0.3, 0.4) is 0 Å². The first-order chi connectivity index (χ1) is 18.7. The average molecular weight is 510 g/mol. The van der Waals surface area contributed by atoms with Crippen LogP contribution in [0, 0.1) is 11.8 Å². The summed E-state index contributed by atoms with van der Waals surface area (Å²) in [5, 5.41) is 0. The van der Waals surface area contributed by atoms with Gasteiger partial charge in [-0.05, 0) is 79.4 Å². The summed E-state index contributed by atoms with van der Waals surface area (Å²) in [5.41, 5.74) is 5.76. The van der Waals surface area contributed by atoms with E-state index in [-0.39, 0.29) is 0 Å². The summed E-state index contributed by atoms with van der Waals surface area (Å²) in [7, 11) is 4.18. The van der Waals surface area contributed by atoms with Gasteiger partial charge >= 0.3 is 0 Å². The molecule has 3 aliphatic rings. The average Bonchev–Trinajstić information content (AvgIpc) is 2.97. The zero-order valence-corrected chi connectivity index (χ0v) is 23.1. The second-order valence-corrected chi connectivity index (χ2v) is 11.8. The number of ether oxygens (including phenoxy) is 1. The van der Waals surface area contributed by atoms with Gasteiger partial charge in [-0.1, -0.05) is 72.8 Å². The van der Waals surface area contributed by atoms with Crippen LogP contribution in [0.1, 0.15) is 41.1 Å². The first kappa shape index (κ1) is 25.6. The molecule has 0 saturated carbocycles. The molecular weight excluding hydrogens is 466 g/mol. The van der Waals surface area contributed by atoms with Gasteiger partial charge in [0.15, 0.2) is 0 Å². The highest BCUT2D eigenvalue weighted by Gasteiger charge is 2.38. The van der Waals surface area contributed by atoms with Crippen LogP contribution in [-0.4, -0.2) is 74.2 Å². The molecule has 2 aliphatic heterocycles. The van der Waals surface area contributed by atoms with E-state index < -0.39 is 0 Å². The van der Waals surface area contributed by atoms with Gasteiger partial charge in [-0.15, -0.1) is 0 Å². The number of rotatable bonds is 7. The molecule has 3 atom stereocenters. The van der Waals surface area contributed by atoms with Crippen molar-refractivity contribution in [3.63, 3.8) is 0 Å². The molecule has 4 nitrogen and oxygen atoms in total. The molecule has 0 amide bonds. The van der Waals surface area contributed by atoms with Gasteiger partial charge in [0.05, 0.1) is 13.2 Å². The molecule has 2 fully saturated rings. The number of likely N-dealkylation sites (N-methyl/N-ethyl adjacent to an activating group) is 1. The van der Waals surface area contributed by atoms with E-state index in [1.165, 1.54) is 61.0 Å². The number of likely N-dealkylation sites (tertiary alicyclic amines) is 1. The van der Waals surface area contributed by atoms with E-state index in [0.29, 0.717) is 12.1 Å². The standard InChI is InChI=1S/C34H43N3O/c1-35-25-26(22-30-23-31-29(24-32(30)35)14-9-15-33(31)38-2)16-17-36-18-20-37(21-19-36)34(27-10-5-3-6-11-27)28-12-7-4-8-13-28/h3-15,26,30,32,34H,16-25H2,1-2H3/t26-,30-,32-/m1/s1. The molecule has 38 heavy (non-hydrogen) atoms. The minimum absolute atomic E-state index is 0.342. The fourth-order valence-electron chi connectivity index (χ4n) is 7.52. The number of fused-ring (bicyclic) bond motifs is 2. The SMILES string of the molecule is COc1cccc2c1C[C@H]1C[C@@H](CCN3CCN(C(c4ccccc4)c4ccccc4)CC3)CN(C)[C@@H]1C2. The molecule has 3 aromatic rings. The second kappa shape index (κ2) is 11.6. The summed E-state index contributed by atoms with van der Waals surface area (Å²) in [6, 6.07) is 29.7. The minimum atomic E-state index is 0.342. The summed E-state index contributed by atoms with van der Waals surface area (Å²) in [5.74, 6) is 2.63. The van der Waals surface area contributed by atoms with Crippen LogP contribution >= 0.6 is 0 Å². The van der Waals surface area contributed by atoms with Crippen molar-refractivity contribution in [2.24, 2.45) is 11.8 Å². The van der Waals surface area contributed by atoms with E-state index in [0.717, 1.165) is 43.8 Å². The maximum absolute atomic E-state index is 5.73. The molecule has 0 aromatic heterocycles. The Hall–Kier alpha value is -2.66. The van der Waals surface area contributed by atoms with Crippen molar-refractivity contribution in [3.05, 3.63) is 101 Å². The molecule has 3 aromatic carbocycles. The zero-order valence-electron chi connectivity index (χ0n) is 23.1. The number of hydrogen-bond donors (Lipinski definition) is 0. The van der Waals surface area contributed by atoms with Crippen LogP contribution in [0.2, 0.25) is 0 Å². The van der Waals surface area contributed by atoms with Crippen molar-refractivity contribution in [2.45, 2.75) is 37.8 Å². The molecule has 0 N–H and O–H groups in total. The first-order valence-corrected chi connectivity index (χ1v) is 14.6. The Bertz CT molecular complexity index is 1140. The van der Waals surface area contributed by atoms with Crippen molar-refractivity contribution in [1.82, 2.24) is 14.7 Å². The van der Waals surface area contributed by atoms with Gasteiger partial charge in [0, 0.05) is 38.8 Å². The number of piperazine rings is 1. The van der Waals surface area contributed by atoms with E-state index in [9.17, 15) is 0 Å². The van der Waals surface area contributed by atoms with E-state index in [2.05, 4.69) is 101 Å². The van der Waals surface area contributed by atoms with Crippen LogP contribution in [0.5, 0.6) is 5.75 Å². The maximum atomic E-state index is 5.73. The van der Waals surface area contributed by atoms with Crippen molar-refractivity contribution in [2.75, 3.05) is 53.4 Å². The normalized spacial score (nSPS) is 24.7. The predicted molar refractivity (Wildman–Crippen MR) is 156 cm³/mol. The Kier molecular flexibility index (Phi) is 7.82. The number of hydrogen-bond acceptors (Lipinski definition) is 4. The number of piperidine rings is 1. The Morgan fingerprint density at radius 2 is 1.50 bits per heavy atom. The molecule has 0 spiro atoms. The molecule has 2 heterocycles. The first-order valence-electron chi connectivity index (χ1n) is 14.6. The highest BCUT2D eigenvalue weighted by molar-refractivity contribution is 5.43. The van der Waals surface area contributed by atoms with E-state index in [1.807, 2.05) is 7.11 Å². The van der Waals surface area contributed by atoms with Gasteiger partial charge in [0.2, 0.25) is 0 Å². The van der Waals surface area contributed by atoms with Crippen molar-refractivity contribution in [3.8, 4) is 5.75 Å². The van der Waals surface area contributed by atoms with Crippen molar-refractivity contribution >= 4 is 0 Å². The third-order valence-corrected chi connectivity index (χ3v) is 9.49. The largest absolute Gasteiger partial charge is 0.496 e. The lowest BCUT2D eigenvalue weighted by atomic mass is 9.72. The highest BCUT2D eigenvalue weighted by Crippen LogP contribution is 2.40. The van der Waals surface area contributed by atoms with Crippen LogP contribution < -0.4 is 4.74 Å². The van der Waals surface area contributed by atoms with Crippen LogP contribution in [0.15, 0.2) is 78.9 Å². The fraction of sp³-hybridized carbons (Fsp3) is 0.471. The van der Waals surface area contributed by atoms with E-state index in [4.69, 9.17) is 4.74 Å². The van der Waals surface area contributed by atoms with Gasteiger partial charge in [0.25, 0.3) is 0 Å². The molecule has 1 aliphatic carbocycles. The van der Waals surface area contributed by atoms with Crippen LogP contribution in [0.25, 0.3) is 0 Å². The van der Waals surface area contributed by atoms with Gasteiger partial charge in [-0.3, -0.25) is 4.90 Å². The van der Waals surface area contributed by atoms with E-state index in [1.54, 1.807) is 0 Å². The minimum Gasteiger partial charge on any atom is -0.496 e. The third-order valence-electron chi connectivity index (χ3n) is 9.49. The fourth-order valence-corrected chi connectivity index (χ4v) is 7.52. The smallest absolute Gasteiger partial charge is 0.122 e. The van der Waals surface area contributed by atoms with Crippen LogP contribution in [-0.2, 0) is 12.8 Å². The Morgan fingerprint density at radius 3 is 2.16 bits per heavy atom. The number of benzene rings is 3. The summed E-state index contributed by atoms with van der Waals surface area (Å²) < 4.78 is 5.73. The van der Waals surface area contributed by atoms with Gasteiger partial charge in [0.1, 0.15) is 5.75 Å². The summed E-state index contributed by atoms with van der Waals surface area (Å²) >= 11 is 0. The summed E-state index contributed by atoms with van der Waals surface area (Å²) in [6.45, 7) is 7.04. The number of nitrogens with zero attached hydrogens (tertiary/aromatic N) is 3. The van der Waals surface area contributed by atoms with Gasteiger partial charge < -0.3 is 14.5 Å². The Morgan fingerprint density at radius 1 is 0.816 bits per heavy atom. The summed E-state index contributed by atoms with van der Waals surface area (Å²) in [4.78, 5) is 8.07. The monoisotopic (exact) mass is 509 g/mol. The Labute approximate surface area is 229 Å². The molecule has 6 rings (SSSR count). The van der Waals surface area contributed by atoms with Gasteiger partial charge in [-0.25, -0.2) is 0 Å². The molecule has 200 valence electrons. The van der Waals surface area contributed by atoms with Crippen LogP contribution in [0.4, 0.5) is 0 Å². The molecule has 0 unspecified atom stereocenters. The van der Waals surface area contributed by atoms with E-state index >= 15 is 0 Å². The lowest BCUT2D eigenvalue weighted by Gasteiger charge is -2.47. The molecule has 0 radical (unpaired) electrons. The molecule has 2 saturated heterocycles. The predicted octanol–water partition coefficient (Wildman–Crippen LogP) is 5.53. The Balaban J connectivity index is 1.05. The summed E-state index contributed by atoms with van der Waals surface area (Å²) in [6.07, 6.45) is 5.01. The molecule has 4 heteroatoms. The van der Waals surface area contributed by atoms with Crippen molar-refractivity contribution in [1.29, 1.82) is 0 Å². The lowest BCUT2D eigenvalue weighted by Crippen LogP contribution is -2.51. The maximum Gasteiger partial charge on any atom is 0.122 e. The third kappa shape index (κ3) is 5.40. The lowest BCUT2D eigenvalue weighted by molar-refractivity contribution is 0.0556. The zero-order chi connectivity index (χ0) is 25.9. The molecule has 0 bridgehead atoms. The topological polar surface area (TPSA) is 19.0 Å².